The van der Waals surface area contributed by atoms with Gasteiger partial charge in [0.1, 0.15) is 0 Å². The van der Waals surface area contributed by atoms with Crippen molar-refractivity contribution in [1.82, 2.24) is 9.80 Å². The number of nitrogens with zero attached hydrogens (tertiary/aromatic N) is 2. The number of carbonyl (C=O) groups excluding carboxylic acids is 2. The van der Waals surface area contributed by atoms with E-state index < -0.39 is 0 Å². The van der Waals surface area contributed by atoms with Gasteiger partial charge in [-0.15, -0.1) is 0 Å². The molecule has 6 nitrogen and oxygen atoms in total. The highest BCUT2D eigenvalue weighted by Crippen LogP contribution is 2.24. The monoisotopic (exact) mass is 344 g/mol. The number of nitrogens with one attached hydrogen (secondary N) is 2. The summed E-state index contributed by atoms with van der Waals surface area (Å²) in [7, 11) is 0. The van der Waals surface area contributed by atoms with Crippen molar-refractivity contribution in [3.8, 4) is 0 Å². The predicted octanol–water partition coefficient (Wildman–Crippen LogP) is 2.14. The molecule has 1 heterocycles. The molecule has 1 aliphatic heterocycles. The SMILES string of the molecule is CC(=O)Nc1cccc(NC(=O)CN2CCN(C3CCCC3)CC2)c1. The number of carbonyl (C=O) groups is 2. The van der Waals surface area contributed by atoms with Gasteiger partial charge >= 0.3 is 0 Å². The van der Waals surface area contributed by atoms with E-state index in [-0.39, 0.29) is 11.8 Å². The van der Waals surface area contributed by atoms with E-state index in [1.165, 1.54) is 32.6 Å². The second-order valence-electron chi connectivity index (χ2n) is 7.06. The minimum absolute atomic E-state index is 0.00529. The summed E-state index contributed by atoms with van der Waals surface area (Å²) < 4.78 is 0. The topological polar surface area (TPSA) is 64.7 Å². The first-order valence-electron chi connectivity index (χ1n) is 9.24. The van der Waals surface area contributed by atoms with Crippen molar-refractivity contribution in [2.45, 2.75) is 38.6 Å². The van der Waals surface area contributed by atoms with E-state index in [0.717, 1.165) is 32.2 Å². The quantitative estimate of drug-likeness (QED) is 0.859. The van der Waals surface area contributed by atoms with E-state index in [2.05, 4.69) is 20.4 Å². The lowest BCUT2D eigenvalue weighted by atomic mass is 10.2. The van der Waals surface area contributed by atoms with Gasteiger partial charge in [-0.3, -0.25) is 19.4 Å². The standard InChI is InChI=1S/C19H28N4O2/c1-15(24)20-16-5-4-6-17(13-16)21-19(25)14-22-9-11-23(12-10-22)18-7-2-3-8-18/h4-6,13,18H,2-3,7-12,14H2,1H3,(H,20,24)(H,21,25). The number of anilines is 2. The third-order valence-corrected chi connectivity index (χ3v) is 5.08. The largest absolute Gasteiger partial charge is 0.326 e. The molecule has 0 bridgehead atoms. The van der Waals surface area contributed by atoms with Crippen LogP contribution in [0.3, 0.4) is 0 Å². The van der Waals surface area contributed by atoms with Gasteiger partial charge in [-0.2, -0.15) is 0 Å². The van der Waals surface area contributed by atoms with Gasteiger partial charge in [0.15, 0.2) is 0 Å². The Hall–Kier alpha value is -1.92. The molecule has 2 amide bonds. The Morgan fingerprint density at radius 3 is 2.32 bits per heavy atom. The van der Waals surface area contributed by atoms with Crippen LogP contribution in [0.4, 0.5) is 11.4 Å². The van der Waals surface area contributed by atoms with E-state index in [1.54, 1.807) is 12.1 Å². The zero-order chi connectivity index (χ0) is 17.6. The summed E-state index contributed by atoms with van der Waals surface area (Å²) in [6.07, 6.45) is 5.41. The van der Waals surface area contributed by atoms with Crippen LogP contribution in [0.1, 0.15) is 32.6 Å². The minimum atomic E-state index is -0.122. The predicted molar refractivity (Wildman–Crippen MR) is 99.6 cm³/mol. The van der Waals surface area contributed by atoms with Crippen LogP contribution in [0.25, 0.3) is 0 Å². The molecule has 2 N–H and O–H groups in total. The normalized spacial score (nSPS) is 19.7. The highest BCUT2D eigenvalue weighted by Gasteiger charge is 2.26. The van der Waals surface area contributed by atoms with Crippen LogP contribution in [0.15, 0.2) is 24.3 Å². The summed E-state index contributed by atoms with van der Waals surface area (Å²) in [4.78, 5) is 28.2. The fraction of sp³-hybridized carbons (Fsp3) is 0.579. The molecule has 0 radical (unpaired) electrons. The molecule has 1 aliphatic carbocycles. The number of hydrogen-bond acceptors (Lipinski definition) is 4. The van der Waals surface area contributed by atoms with E-state index >= 15 is 0 Å². The van der Waals surface area contributed by atoms with E-state index in [1.807, 2.05) is 12.1 Å². The summed E-state index contributed by atoms with van der Waals surface area (Å²) in [6.45, 7) is 5.93. The number of hydrogen-bond donors (Lipinski definition) is 2. The fourth-order valence-electron chi connectivity index (χ4n) is 3.84. The van der Waals surface area contributed by atoms with Gasteiger partial charge in [0, 0.05) is 50.5 Å². The molecule has 0 aromatic heterocycles. The lowest BCUT2D eigenvalue weighted by molar-refractivity contribution is -0.118. The van der Waals surface area contributed by atoms with Gasteiger partial charge in [0.2, 0.25) is 11.8 Å². The summed E-state index contributed by atoms with van der Waals surface area (Å²) in [5.41, 5.74) is 1.40. The molecule has 2 aliphatic rings. The lowest BCUT2D eigenvalue weighted by Crippen LogP contribution is -2.51. The van der Waals surface area contributed by atoms with Crippen LogP contribution in [-0.4, -0.2) is 60.4 Å². The van der Waals surface area contributed by atoms with Crippen LogP contribution < -0.4 is 10.6 Å². The Bertz CT molecular complexity index is 605. The van der Waals surface area contributed by atoms with E-state index in [9.17, 15) is 9.59 Å². The molecule has 0 spiro atoms. The van der Waals surface area contributed by atoms with Crippen LogP contribution in [0, 0.1) is 0 Å². The third kappa shape index (κ3) is 5.28. The molecule has 2 fully saturated rings. The van der Waals surface area contributed by atoms with Crippen molar-refractivity contribution in [3.63, 3.8) is 0 Å². The molecule has 0 atom stereocenters. The molecule has 136 valence electrons. The molecule has 1 saturated heterocycles. The Balaban J connectivity index is 1.44. The molecule has 6 heteroatoms. The molecule has 25 heavy (non-hydrogen) atoms. The van der Waals surface area contributed by atoms with Crippen molar-refractivity contribution in [3.05, 3.63) is 24.3 Å². The highest BCUT2D eigenvalue weighted by atomic mass is 16.2. The fourth-order valence-corrected chi connectivity index (χ4v) is 3.84. The number of benzene rings is 1. The highest BCUT2D eigenvalue weighted by molar-refractivity contribution is 5.94. The second kappa shape index (κ2) is 8.45. The zero-order valence-corrected chi connectivity index (χ0v) is 15.0. The maximum Gasteiger partial charge on any atom is 0.238 e. The Labute approximate surface area is 149 Å². The van der Waals surface area contributed by atoms with Crippen LogP contribution in [0.5, 0.6) is 0 Å². The van der Waals surface area contributed by atoms with Gasteiger partial charge in [0.25, 0.3) is 0 Å². The first-order chi connectivity index (χ1) is 12.1. The van der Waals surface area contributed by atoms with Gasteiger partial charge in [-0.05, 0) is 31.0 Å². The first kappa shape index (κ1) is 17.9. The maximum atomic E-state index is 12.3. The van der Waals surface area contributed by atoms with Crippen molar-refractivity contribution >= 4 is 23.2 Å². The van der Waals surface area contributed by atoms with Gasteiger partial charge in [-0.25, -0.2) is 0 Å². The van der Waals surface area contributed by atoms with Gasteiger partial charge < -0.3 is 10.6 Å². The molecular formula is C19H28N4O2. The van der Waals surface area contributed by atoms with Crippen molar-refractivity contribution < 1.29 is 9.59 Å². The smallest absolute Gasteiger partial charge is 0.238 e. The third-order valence-electron chi connectivity index (χ3n) is 5.08. The number of piperazine rings is 1. The Morgan fingerprint density at radius 2 is 1.68 bits per heavy atom. The molecule has 3 rings (SSSR count). The van der Waals surface area contributed by atoms with E-state index in [0.29, 0.717) is 17.9 Å². The summed E-state index contributed by atoms with van der Waals surface area (Å²) in [5.74, 6) is -0.127. The van der Waals surface area contributed by atoms with Crippen molar-refractivity contribution in [2.75, 3.05) is 43.4 Å². The summed E-state index contributed by atoms with van der Waals surface area (Å²) in [5, 5.41) is 5.65. The number of rotatable bonds is 5. The first-order valence-corrected chi connectivity index (χ1v) is 9.24. The second-order valence-corrected chi connectivity index (χ2v) is 7.06. The molecule has 1 aromatic carbocycles. The average Bonchev–Trinajstić information content (AvgIpc) is 3.09. The zero-order valence-electron chi connectivity index (χ0n) is 15.0. The van der Waals surface area contributed by atoms with Gasteiger partial charge in [0.05, 0.1) is 6.54 Å². The van der Waals surface area contributed by atoms with Gasteiger partial charge in [-0.1, -0.05) is 18.9 Å². The molecular weight excluding hydrogens is 316 g/mol. The maximum absolute atomic E-state index is 12.3. The number of amides is 2. The van der Waals surface area contributed by atoms with Crippen molar-refractivity contribution in [2.24, 2.45) is 0 Å². The summed E-state index contributed by atoms with van der Waals surface area (Å²) >= 11 is 0. The Morgan fingerprint density at radius 1 is 1.04 bits per heavy atom. The van der Waals surface area contributed by atoms with Crippen molar-refractivity contribution in [1.29, 1.82) is 0 Å². The molecule has 1 aromatic rings. The lowest BCUT2D eigenvalue weighted by Gasteiger charge is -2.37. The molecule has 1 saturated carbocycles. The average molecular weight is 344 g/mol. The van der Waals surface area contributed by atoms with E-state index in [4.69, 9.17) is 0 Å². The Kier molecular flexibility index (Phi) is 6.04. The molecule has 0 unspecified atom stereocenters. The summed E-state index contributed by atoms with van der Waals surface area (Å²) in [6, 6.07) is 8.01. The van der Waals surface area contributed by atoms with Crippen LogP contribution >= 0.6 is 0 Å². The van der Waals surface area contributed by atoms with Crippen LogP contribution in [-0.2, 0) is 9.59 Å². The van der Waals surface area contributed by atoms with Crippen LogP contribution in [0.2, 0.25) is 0 Å². The minimum Gasteiger partial charge on any atom is -0.326 e.